The fourth-order valence-corrected chi connectivity index (χ4v) is 4.59. The molecule has 164 valence electrons. The van der Waals surface area contributed by atoms with Crippen molar-refractivity contribution in [2.75, 3.05) is 35.3 Å². The maximum atomic E-state index is 12.2. The molecule has 1 saturated carbocycles. The molecule has 2 heterocycles. The van der Waals surface area contributed by atoms with Crippen molar-refractivity contribution in [2.45, 2.75) is 41.6 Å². The van der Waals surface area contributed by atoms with Crippen LogP contribution in [0.3, 0.4) is 0 Å². The van der Waals surface area contributed by atoms with Crippen molar-refractivity contribution >= 4 is 46.8 Å². The van der Waals surface area contributed by atoms with E-state index in [-0.39, 0.29) is 23.5 Å². The third kappa shape index (κ3) is 6.36. The maximum absolute atomic E-state index is 12.2. The number of nitrogens with zero attached hydrogens (tertiary/aromatic N) is 3. The molecule has 0 unspecified atom stereocenters. The lowest BCUT2D eigenvalue weighted by atomic mass is 9.96. The van der Waals surface area contributed by atoms with Gasteiger partial charge >= 0.3 is 0 Å². The Labute approximate surface area is 191 Å². The number of hydrogen-bond acceptors (Lipinski definition) is 7. The minimum atomic E-state index is -0.0688. The summed E-state index contributed by atoms with van der Waals surface area (Å²) in [5, 5.41) is 15.3. The topological polar surface area (TPSA) is 87.2 Å². The number of aromatic nitrogens is 2. The molecule has 0 spiro atoms. The zero-order valence-electron chi connectivity index (χ0n) is 17.5. The Morgan fingerprint density at radius 1 is 1.10 bits per heavy atom. The Balaban J connectivity index is 1.22. The molecule has 0 bridgehead atoms. The van der Waals surface area contributed by atoms with Gasteiger partial charge in [0.2, 0.25) is 11.8 Å². The second-order valence-electron chi connectivity index (χ2n) is 7.84. The zero-order valence-corrected chi connectivity index (χ0v) is 19.2. The first kappa shape index (κ1) is 22.0. The van der Waals surface area contributed by atoms with Crippen molar-refractivity contribution in [3.8, 4) is 0 Å². The lowest BCUT2D eigenvalue weighted by molar-refractivity contribution is -0.125. The average molecular weight is 458 g/mol. The van der Waals surface area contributed by atoms with E-state index < -0.39 is 0 Å². The van der Waals surface area contributed by atoms with Gasteiger partial charge in [0.15, 0.2) is 5.82 Å². The molecule has 0 atom stereocenters. The molecule has 1 aromatic carbocycles. The molecule has 1 aliphatic heterocycles. The largest absolute Gasteiger partial charge is 0.355 e. The number of anilines is 2. The fourth-order valence-electron chi connectivity index (χ4n) is 3.51. The Bertz CT molecular complexity index is 912. The first-order valence-electron chi connectivity index (χ1n) is 10.6. The third-order valence-corrected chi connectivity index (χ3v) is 7.09. The molecule has 1 aliphatic carbocycles. The maximum Gasteiger partial charge on any atom is 0.234 e. The predicted molar refractivity (Wildman–Crippen MR) is 126 cm³/mol. The number of benzene rings is 1. The summed E-state index contributed by atoms with van der Waals surface area (Å²) < 4.78 is 0. The van der Waals surface area contributed by atoms with Gasteiger partial charge in [-0.05, 0) is 62.3 Å². The molecule has 9 heteroatoms. The number of rotatable bonds is 8. The summed E-state index contributed by atoms with van der Waals surface area (Å²) >= 11 is 3.01. The van der Waals surface area contributed by atoms with Crippen molar-refractivity contribution in [3.05, 3.63) is 36.4 Å². The normalized spacial score (nSPS) is 16.7. The number of piperidine rings is 1. The van der Waals surface area contributed by atoms with Crippen molar-refractivity contribution in [3.63, 3.8) is 0 Å². The van der Waals surface area contributed by atoms with E-state index in [4.69, 9.17) is 0 Å². The van der Waals surface area contributed by atoms with Gasteiger partial charge in [-0.15, -0.1) is 22.0 Å². The Hall–Kier alpha value is -2.26. The molecule has 2 amide bonds. The second kappa shape index (κ2) is 10.4. The summed E-state index contributed by atoms with van der Waals surface area (Å²) in [5.41, 5.74) is 0.799. The van der Waals surface area contributed by atoms with E-state index in [9.17, 15) is 9.59 Å². The van der Waals surface area contributed by atoms with Crippen LogP contribution < -0.4 is 15.5 Å². The van der Waals surface area contributed by atoms with E-state index in [0.717, 1.165) is 60.2 Å². The van der Waals surface area contributed by atoms with Gasteiger partial charge in [-0.2, -0.15) is 0 Å². The Morgan fingerprint density at radius 3 is 2.58 bits per heavy atom. The molecule has 2 aromatic rings. The van der Waals surface area contributed by atoms with Gasteiger partial charge < -0.3 is 15.5 Å². The highest BCUT2D eigenvalue weighted by Crippen LogP contribution is 2.25. The van der Waals surface area contributed by atoms with Crippen LogP contribution in [0.5, 0.6) is 0 Å². The van der Waals surface area contributed by atoms with Crippen LogP contribution in [-0.2, 0) is 9.59 Å². The quantitative estimate of drug-likeness (QED) is 0.587. The van der Waals surface area contributed by atoms with E-state index in [2.05, 4.69) is 25.7 Å². The van der Waals surface area contributed by atoms with E-state index in [1.54, 1.807) is 11.8 Å². The zero-order chi connectivity index (χ0) is 21.6. The monoisotopic (exact) mass is 457 g/mol. The number of hydrogen-bond donors (Lipinski definition) is 2. The minimum Gasteiger partial charge on any atom is -0.355 e. The molecule has 7 nitrogen and oxygen atoms in total. The number of amides is 2. The highest BCUT2D eigenvalue weighted by molar-refractivity contribution is 8.00. The minimum absolute atomic E-state index is 0.0688. The van der Waals surface area contributed by atoms with Gasteiger partial charge in [0.1, 0.15) is 5.03 Å². The van der Waals surface area contributed by atoms with Gasteiger partial charge in [-0.1, -0.05) is 17.8 Å². The van der Waals surface area contributed by atoms with Crippen LogP contribution in [0.2, 0.25) is 0 Å². The van der Waals surface area contributed by atoms with Crippen LogP contribution in [0.4, 0.5) is 11.5 Å². The number of nitrogens with one attached hydrogen (secondary N) is 2. The predicted octanol–water partition coefficient (Wildman–Crippen LogP) is 3.42. The van der Waals surface area contributed by atoms with Crippen LogP contribution in [-0.4, -0.2) is 53.2 Å². The van der Waals surface area contributed by atoms with Gasteiger partial charge in [0.05, 0.1) is 5.75 Å². The molecule has 2 fully saturated rings. The first-order chi connectivity index (χ1) is 15.1. The highest BCUT2D eigenvalue weighted by atomic mass is 32.2. The van der Waals surface area contributed by atoms with Gasteiger partial charge in [-0.25, -0.2) is 0 Å². The molecule has 1 saturated heterocycles. The molecule has 0 radical (unpaired) electrons. The fraction of sp³-hybridized carbons (Fsp3) is 0.455. The van der Waals surface area contributed by atoms with Crippen molar-refractivity contribution in [1.29, 1.82) is 0 Å². The van der Waals surface area contributed by atoms with E-state index in [1.807, 2.05) is 42.7 Å². The molecule has 2 aliphatic rings. The molecule has 1 aromatic heterocycles. The van der Waals surface area contributed by atoms with Crippen molar-refractivity contribution in [2.24, 2.45) is 5.92 Å². The summed E-state index contributed by atoms with van der Waals surface area (Å²) in [6.07, 6.45) is 5.94. The molecule has 4 rings (SSSR count). The van der Waals surface area contributed by atoms with Crippen LogP contribution in [0, 0.1) is 5.92 Å². The van der Waals surface area contributed by atoms with Crippen LogP contribution in [0.25, 0.3) is 0 Å². The summed E-state index contributed by atoms with van der Waals surface area (Å²) in [5.74, 6) is 1.34. The first-order valence-corrected chi connectivity index (χ1v) is 12.8. The lowest BCUT2D eigenvalue weighted by Crippen LogP contribution is -2.41. The highest BCUT2D eigenvalue weighted by Gasteiger charge is 2.30. The van der Waals surface area contributed by atoms with E-state index >= 15 is 0 Å². The number of carbonyl (C=O) groups excluding carboxylic acids is 2. The average Bonchev–Trinajstić information content (AvgIpc) is 3.62. The van der Waals surface area contributed by atoms with E-state index in [1.165, 1.54) is 11.8 Å². The molecular formula is C22H27N5O2S2. The SMILES string of the molecule is CSc1cccc(NC(=O)CSc2ccc(N3CCC(C(=O)NC4CC4)CC3)nn2)c1. The van der Waals surface area contributed by atoms with Crippen LogP contribution in [0.15, 0.2) is 46.3 Å². The Kier molecular flexibility index (Phi) is 7.34. The summed E-state index contributed by atoms with van der Waals surface area (Å²) in [6, 6.07) is 12.1. The van der Waals surface area contributed by atoms with E-state index in [0.29, 0.717) is 6.04 Å². The van der Waals surface area contributed by atoms with Crippen LogP contribution in [0.1, 0.15) is 25.7 Å². The van der Waals surface area contributed by atoms with Gasteiger partial charge in [0.25, 0.3) is 0 Å². The molecular weight excluding hydrogens is 430 g/mol. The number of carbonyl (C=O) groups is 2. The molecule has 31 heavy (non-hydrogen) atoms. The van der Waals surface area contributed by atoms with Crippen molar-refractivity contribution < 1.29 is 9.59 Å². The summed E-state index contributed by atoms with van der Waals surface area (Å²) in [4.78, 5) is 27.7. The van der Waals surface area contributed by atoms with Gasteiger partial charge in [0, 0.05) is 35.6 Å². The van der Waals surface area contributed by atoms with Crippen molar-refractivity contribution in [1.82, 2.24) is 15.5 Å². The second-order valence-corrected chi connectivity index (χ2v) is 9.72. The standard InChI is InChI=1S/C22H27N5O2S2/c1-30-18-4-2-3-17(13-18)23-20(28)14-31-21-8-7-19(25-26-21)27-11-9-15(10-12-27)22(29)24-16-5-6-16/h2-4,7-8,13,15-16H,5-6,9-12,14H2,1H3,(H,23,28)(H,24,29). The number of thioether (sulfide) groups is 2. The Morgan fingerprint density at radius 2 is 1.90 bits per heavy atom. The van der Waals surface area contributed by atoms with Gasteiger partial charge in [-0.3, -0.25) is 9.59 Å². The molecule has 2 N–H and O–H groups in total. The summed E-state index contributed by atoms with van der Waals surface area (Å²) in [6.45, 7) is 1.61. The smallest absolute Gasteiger partial charge is 0.234 e. The summed E-state index contributed by atoms with van der Waals surface area (Å²) in [7, 11) is 0. The third-order valence-electron chi connectivity index (χ3n) is 5.44. The lowest BCUT2D eigenvalue weighted by Gasteiger charge is -2.31. The van der Waals surface area contributed by atoms with Crippen LogP contribution >= 0.6 is 23.5 Å².